The lowest BCUT2D eigenvalue weighted by atomic mass is 10.2. The number of hydrogen-bond acceptors (Lipinski definition) is 4. The van der Waals surface area contributed by atoms with E-state index in [2.05, 4.69) is 17.2 Å². The third-order valence-electron chi connectivity index (χ3n) is 3.47. The van der Waals surface area contributed by atoms with Crippen LogP contribution in [-0.2, 0) is 6.54 Å². The van der Waals surface area contributed by atoms with Gasteiger partial charge < -0.3 is 15.7 Å². The fraction of sp³-hybridized carbons (Fsp3) is 0.357. The van der Waals surface area contributed by atoms with Gasteiger partial charge in [0.2, 0.25) is 0 Å². The first-order valence-electron chi connectivity index (χ1n) is 6.48. The molecule has 1 aliphatic heterocycles. The average Bonchev–Trinajstić information content (AvgIpc) is 2.99. The Morgan fingerprint density at radius 3 is 2.68 bits per heavy atom. The van der Waals surface area contributed by atoms with Crippen LogP contribution in [0.3, 0.4) is 0 Å². The summed E-state index contributed by atoms with van der Waals surface area (Å²) in [5.41, 5.74) is 7.03. The van der Waals surface area contributed by atoms with Crippen molar-refractivity contribution in [1.82, 2.24) is 9.78 Å². The van der Waals surface area contributed by atoms with E-state index in [4.69, 9.17) is 5.73 Å². The molecule has 2 heterocycles. The molecule has 2 aromatic rings. The summed E-state index contributed by atoms with van der Waals surface area (Å²) in [5.74, 6) is 0.878. The molecule has 1 fully saturated rings. The molecule has 1 saturated heterocycles. The van der Waals surface area contributed by atoms with Gasteiger partial charge in [0.25, 0.3) is 0 Å². The third kappa shape index (κ3) is 2.62. The van der Waals surface area contributed by atoms with Gasteiger partial charge in [0.1, 0.15) is 0 Å². The first-order chi connectivity index (χ1) is 9.22. The third-order valence-corrected chi connectivity index (χ3v) is 3.47. The van der Waals surface area contributed by atoms with Crippen LogP contribution in [0.25, 0.3) is 0 Å². The normalized spacial score (nSPS) is 22.9. The van der Waals surface area contributed by atoms with Crippen molar-refractivity contribution in [2.45, 2.75) is 18.7 Å². The zero-order valence-electron chi connectivity index (χ0n) is 10.7. The lowest BCUT2D eigenvalue weighted by Gasteiger charge is -2.13. The number of aromatic nitrogens is 2. The highest BCUT2D eigenvalue weighted by Crippen LogP contribution is 2.17. The summed E-state index contributed by atoms with van der Waals surface area (Å²) in [4.78, 5) is 2.02. The topological polar surface area (TPSA) is 67.3 Å². The summed E-state index contributed by atoms with van der Waals surface area (Å²) in [6.07, 6.45) is 1.50. The fourth-order valence-corrected chi connectivity index (χ4v) is 2.38. The zero-order chi connectivity index (χ0) is 13.2. The number of aliphatic hydroxyl groups is 1. The number of aliphatic hydroxyl groups excluding tert-OH is 1. The molecule has 100 valence electrons. The van der Waals surface area contributed by atoms with Crippen molar-refractivity contribution in [3.63, 3.8) is 0 Å². The predicted molar refractivity (Wildman–Crippen MR) is 74.0 cm³/mol. The average molecular weight is 258 g/mol. The second-order valence-corrected chi connectivity index (χ2v) is 4.99. The number of hydrogen-bond donors (Lipinski definition) is 2. The van der Waals surface area contributed by atoms with Gasteiger partial charge in [-0.3, -0.25) is 4.68 Å². The van der Waals surface area contributed by atoms with Gasteiger partial charge in [-0.05, 0) is 5.56 Å². The number of benzene rings is 1. The first kappa shape index (κ1) is 12.2. The van der Waals surface area contributed by atoms with Crippen molar-refractivity contribution in [1.29, 1.82) is 0 Å². The maximum Gasteiger partial charge on any atom is 0.150 e. The molecule has 1 aliphatic rings. The van der Waals surface area contributed by atoms with E-state index in [-0.39, 0.29) is 6.04 Å². The molecular formula is C14H18N4O. The lowest BCUT2D eigenvalue weighted by Crippen LogP contribution is -2.32. The maximum atomic E-state index is 9.67. The fourth-order valence-electron chi connectivity index (χ4n) is 2.38. The highest BCUT2D eigenvalue weighted by atomic mass is 16.3. The van der Waals surface area contributed by atoms with Gasteiger partial charge in [-0.2, -0.15) is 5.10 Å². The number of nitrogens with zero attached hydrogens (tertiary/aromatic N) is 3. The molecule has 0 aliphatic carbocycles. The number of anilines is 1. The molecule has 3 rings (SSSR count). The summed E-state index contributed by atoms with van der Waals surface area (Å²) in [7, 11) is 0. The Morgan fingerprint density at radius 2 is 2.00 bits per heavy atom. The van der Waals surface area contributed by atoms with Crippen molar-refractivity contribution in [3.05, 3.63) is 48.2 Å². The molecule has 19 heavy (non-hydrogen) atoms. The standard InChI is InChI=1S/C14H18N4O/c15-12-9-17(10-13(12)19)14-6-7-18(16-14)8-11-4-2-1-3-5-11/h1-7,12-13,19H,8-10,15H2/t12?,13-/m1/s1. The molecule has 1 aromatic carbocycles. The first-order valence-corrected chi connectivity index (χ1v) is 6.48. The minimum absolute atomic E-state index is 0.181. The highest BCUT2D eigenvalue weighted by molar-refractivity contribution is 5.39. The second kappa shape index (κ2) is 5.03. The van der Waals surface area contributed by atoms with Gasteiger partial charge in [0.05, 0.1) is 12.6 Å². The molecule has 1 unspecified atom stereocenters. The van der Waals surface area contributed by atoms with Crippen LogP contribution < -0.4 is 10.6 Å². The molecule has 0 amide bonds. The van der Waals surface area contributed by atoms with Crippen LogP contribution in [0.4, 0.5) is 5.82 Å². The maximum absolute atomic E-state index is 9.67. The Balaban J connectivity index is 1.70. The van der Waals surface area contributed by atoms with Gasteiger partial charge in [0.15, 0.2) is 5.82 Å². The summed E-state index contributed by atoms with van der Waals surface area (Å²) in [6.45, 7) is 1.97. The summed E-state index contributed by atoms with van der Waals surface area (Å²) in [6, 6.07) is 12.0. The van der Waals surface area contributed by atoms with E-state index in [1.165, 1.54) is 5.56 Å². The van der Waals surface area contributed by atoms with Gasteiger partial charge in [-0.1, -0.05) is 30.3 Å². The Labute approximate surface area is 112 Å². The van der Waals surface area contributed by atoms with Crippen LogP contribution >= 0.6 is 0 Å². The molecule has 3 N–H and O–H groups in total. The lowest BCUT2D eigenvalue weighted by molar-refractivity contribution is 0.180. The Bertz CT molecular complexity index is 529. The summed E-state index contributed by atoms with van der Waals surface area (Å²) in [5, 5.41) is 14.2. The van der Waals surface area contributed by atoms with Gasteiger partial charge in [0, 0.05) is 31.4 Å². The van der Waals surface area contributed by atoms with Crippen LogP contribution in [0.2, 0.25) is 0 Å². The van der Waals surface area contributed by atoms with Gasteiger partial charge >= 0.3 is 0 Å². The Kier molecular flexibility index (Phi) is 3.23. The minimum Gasteiger partial charge on any atom is -0.390 e. The SMILES string of the molecule is NC1CN(c2ccn(Cc3ccccc3)n2)C[C@H]1O. The van der Waals surface area contributed by atoms with E-state index in [1.54, 1.807) is 0 Å². The molecule has 1 aromatic heterocycles. The molecule has 0 spiro atoms. The molecule has 0 bridgehead atoms. The van der Waals surface area contributed by atoms with E-state index >= 15 is 0 Å². The molecule has 2 atom stereocenters. The van der Waals surface area contributed by atoms with Gasteiger partial charge in [-0.25, -0.2) is 0 Å². The van der Waals surface area contributed by atoms with Crippen molar-refractivity contribution >= 4 is 5.82 Å². The van der Waals surface area contributed by atoms with E-state index < -0.39 is 6.10 Å². The van der Waals surface area contributed by atoms with Crippen molar-refractivity contribution in [2.75, 3.05) is 18.0 Å². The molecule has 5 nitrogen and oxygen atoms in total. The molecule has 0 radical (unpaired) electrons. The number of nitrogens with two attached hydrogens (primary N) is 1. The van der Waals surface area contributed by atoms with E-state index in [0.717, 1.165) is 12.4 Å². The van der Waals surface area contributed by atoms with Crippen LogP contribution in [0, 0.1) is 0 Å². The summed E-state index contributed by atoms with van der Waals surface area (Å²) >= 11 is 0. The molecule has 5 heteroatoms. The van der Waals surface area contributed by atoms with Crippen LogP contribution in [-0.4, -0.2) is 40.1 Å². The van der Waals surface area contributed by atoms with Crippen LogP contribution in [0.1, 0.15) is 5.56 Å². The minimum atomic E-state index is -0.459. The van der Waals surface area contributed by atoms with Crippen molar-refractivity contribution < 1.29 is 5.11 Å². The second-order valence-electron chi connectivity index (χ2n) is 4.99. The van der Waals surface area contributed by atoms with Crippen molar-refractivity contribution in [2.24, 2.45) is 5.73 Å². The van der Waals surface area contributed by atoms with E-state index in [9.17, 15) is 5.11 Å². The monoisotopic (exact) mass is 258 g/mol. The Morgan fingerprint density at radius 1 is 1.21 bits per heavy atom. The smallest absolute Gasteiger partial charge is 0.150 e. The molecule has 0 saturated carbocycles. The molecular weight excluding hydrogens is 240 g/mol. The predicted octanol–water partition coefficient (Wildman–Crippen LogP) is 0.440. The quantitative estimate of drug-likeness (QED) is 0.838. The van der Waals surface area contributed by atoms with E-state index in [0.29, 0.717) is 13.1 Å². The number of rotatable bonds is 3. The largest absolute Gasteiger partial charge is 0.390 e. The van der Waals surface area contributed by atoms with E-state index in [1.807, 2.05) is 40.0 Å². The Hall–Kier alpha value is -1.85. The number of β-amino-alcohol motifs (C(OH)–C–C–N with tert-alkyl or cyclic N) is 1. The zero-order valence-corrected chi connectivity index (χ0v) is 10.7. The summed E-state index contributed by atoms with van der Waals surface area (Å²) < 4.78 is 1.90. The van der Waals surface area contributed by atoms with Crippen LogP contribution in [0.15, 0.2) is 42.6 Å². The van der Waals surface area contributed by atoms with Crippen molar-refractivity contribution in [3.8, 4) is 0 Å². The highest BCUT2D eigenvalue weighted by Gasteiger charge is 2.29. The van der Waals surface area contributed by atoms with Gasteiger partial charge in [-0.15, -0.1) is 0 Å². The van der Waals surface area contributed by atoms with Crippen LogP contribution in [0.5, 0.6) is 0 Å².